The second-order valence-corrected chi connectivity index (χ2v) is 10.7. The number of rotatable bonds is 8. The molecule has 0 spiro atoms. The molecule has 1 saturated heterocycles. The lowest BCUT2D eigenvalue weighted by Crippen LogP contribution is -2.25. The first kappa shape index (κ1) is 26.0. The van der Waals surface area contributed by atoms with Crippen LogP contribution in [0.25, 0.3) is 56.0 Å². The minimum Gasteiger partial charge on any atom is -0.492 e. The lowest BCUT2D eigenvalue weighted by molar-refractivity contribution is 0.237. The third-order valence-electron chi connectivity index (χ3n) is 7.62. The summed E-state index contributed by atoms with van der Waals surface area (Å²) in [5.41, 5.74) is 7.39. The molecule has 0 unspecified atom stereocenters. The van der Waals surface area contributed by atoms with Crippen LogP contribution in [0.15, 0.2) is 61.2 Å². The van der Waals surface area contributed by atoms with Crippen molar-refractivity contribution in [2.24, 2.45) is 0 Å². The molecular weight excluding hydrogens is 533 g/mol. The van der Waals surface area contributed by atoms with E-state index in [0.717, 1.165) is 42.1 Å². The van der Waals surface area contributed by atoms with Gasteiger partial charge in [0.2, 0.25) is 0 Å². The van der Waals surface area contributed by atoms with Crippen LogP contribution in [-0.2, 0) is 0 Å². The number of H-pyrrole nitrogens is 2. The Balaban J connectivity index is 1.22. The number of fused-ring (bicyclic) bond motifs is 2. The molecule has 2 N–H and O–H groups in total. The number of likely N-dealkylation sites (tertiary alicyclic amines) is 1. The van der Waals surface area contributed by atoms with Gasteiger partial charge in [0.15, 0.2) is 11.5 Å². The summed E-state index contributed by atoms with van der Waals surface area (Å²) in [6.07, 6.45) is 9.45. The molecule has 1 aliphatic rings. The molecule has 0 amide bonds. The number of pyridine rings is 3. The number of hydrogen-bond acceptors (Lipinski definition) is 8. The lowest BCUT2D eigenvalue weighted by Gasteiger charge is -2.15. The maximum absolute atomic E-state index is 14.7. The summed E-state index contributed by atoms with van der Waals surface area (Å²) < 4.78 is 20.7. The number of halogens is 1. The molecule has 6 aromatic rings. The van der Waals surface area contributed by atoms with Crippen molar-refractivity contribution in [2.75, 3.05) is 45.2 Å². The number of imidazole rings is 1. The van der Waals surface area contributed by atoms with Gasteiger partial charge in [0.25, 0.3) is 0 Å². The number of ether oxygens (including phenoxy) is 1. The van der Waals surface area contributed by atoms with Crippen molar-refractivity contribution < 1.29 is 9.13 Å². The molecule has 0 atom stereocenters. The fourth-order valence-corrected chi connectivity index (χ4v) is 5.39. The Morgan fingerprint density at radius 1 is 0.905 bits per heavy atom. The topological polar surface area (TPSA) is 112 Å². The Morgan fingerprint density at radius 2 is 1.76 bits per heavy atom. The summed E-state index contributed by atoms with van der Waals surface area (Å²) in [5, 5.41) is 7.59. The molecule has 0 saturated carbocycles. The van der Waals surface area contributed by atoms with Gasteiger partial charge >= 0.3 is 0 Å². The smallest absolute Gasteiger partial charge is 0.161 e. The first-order chi connectivity index (χ1) is 20.5. The average Bonchev–Trinajstić information content (AvgIpc) is 3.76. The Hall–Kier alpha value is -4.90. The highest BCUT2D eigenvalue weighted by Crippen LogP contribution is 2.33. The average molecular weight is 564 g/mol. The number of nitrogens with one attached hydrogen (secondary N) is 2. The molecule has 5 aromatic heterocycles. The van der Waals surface area contributed by atoms with Crippen molar-refractivity contribution in [3.63, 3.8) is 0 Å². The van der Waals surface area contributed by atoms with E-state index in [1.165, 1.54) is 25.0 Å². The normalized spacial score (nSPS) is 13.8. The Kier molecular flexibility index (Phi) is 6.71. The van der Waals surface area contributed by atoms with Crippen molar-refractivity contribution >= 4 is 27.8 Å². The van der Waals surface area contributed by atoms with Crippen LogP contribution in [-0.4, -0.2) is 80.4 Å². The highest BCUT2D eigenvalue weighted by atomic mass is 19.1. The van der Waals surface area contributed by atoms with Crippen molar-refractivity contribution in [3.05, 3.63) is 67.0 Å². The fraction of sp³-hybridized carbons (Fsp3) is 0.258. The van der Waals surface area contributed by atoms with Gasteiger partial charge in [-0.2, -0.15) is 5.10 Å². The van der Waals surface area contributed by atoms with E-state index in [2.05, 4.69) is 30.0 Å². The van der Waals surface area contributed by atoms with Crippen LogP contribution >= 0.6 is 0 Å². The van der Waals surface area contributed by atoms with Gasteiger partial charge in [0.05, 0.1) is 40.3 Å². The van der Waals surface area contributed by atoms with E-state index >= 15 is 0 Å². The lowest BCUT2D eigenvalue weighted by atomic mass is 10.1. The summed E-state index contributed by atoms with van der Waals surface area (Å²) in [4.78, 5) is 26.3. The molecule has 0 radical (unpaired) electrons. The Morgan fingerprint density at radius 3 is 2.62 bits per heavy atom. The fourth-order valence-electron chi connectivity index (χ4n) is 5.39. The van der Waals surface area contributed by atoms with Gasteiger partial charge in [-0.05, 0) is 61.8 Å². The van der Waals surface area contributed by atoms with Crippen LogP contribution in [0, 0.1) is 5.82 Å². The van der Waals surface area contributed by atoms with Gasteiger partial charge in [-0.3, -0.25) is 20.0 Å². The molecule has 212 valence electrons. The van der Waals surface area contributed by atoms with Gasteiger partial charge in [-0.25, -0.2) is 14.4 Å². The minimum absolute atomic E-state index is 0.376. The molecule has 0 aliphatic carbocycles. The van der Waals surface area contributed by atoms with Crippen LogP contribution in [0.5, 0.6) is 5.75 Å². The van der Waals surface area contributed by atoms with Crippen LogP contribution in [0.2, 0.25) is 0 Å². The number of aromatic amines is 2. The summed E-state index contributed by atoms with van der Waals surface area (Å²) in [6.45, 7) is 3.52. The largest absolute Gasteiger partial charge is 0.492 e. The highest BCUT2D eigenvalue weighted by Gasteiger charge is 2.18. The molecule has 1 aromatic carbocycles. The molecular formula is C31H30FN9O. The molecule has 0 bridgehead atoms. The number of anilines is 1. The quantitative estimate of drug-likeness (QED) is 0.257. The van der Waals surface area contributed by atoms with E-state index in [9.17, 15) is 4.39 Å². The van der Waals surface area contributed by atoms with Gasteiger partial charge in [0.1, 0.15) is 23.7 Å². The monoisotopic (exact) mass is 563 g/mol. The third-order valence-corrected chi connectivity index (χ3v) is 7.62. The van der Waals surface area contributed by atoms with E-state index < -0.39 is 0 Å². The van der Waals surface area contributed by atoms with Crippen LogP contribution in [0.3, 0.4) is 0 Å². The zero-order valence-electron chi connectivity index (χ0n) is 23.4. The molecule has 1 aliphatic heterocycles. The third kappa shape index (κ3) is 5.03. The molecule has 42 heavy (non-hydrogen) atoms. The first-order valence-corrected chi connectivity index (χ1v) is 14.0. The zero-order chi connectivity index (χ0) is 28.6. The van der Waals surface area contributed by atoms with Gasteiger partial charge in [0, 0.05) is 50.2 Å². The van der Waals surface area contributed by atoms with Crippen LogP contribution < -0.4 is 9.64 Å². The molecule has 6 heterocycles. The molecule has 7 rings (SSSR count). The standard InChI is InChI=1S/C31H30FN9O/c1-40(2)22-12-20(15-33-16-22)25-5-6-26-29(35-25)30(39-38-26)31-36-27-18-34-17-24(28(27)37-31)19-11-21(32)14-23(13-19)42-10-9-41-7-3-4-8-41/h5-6,11-18H,3-4,7-10H2,1-2H3,(H,36,37)(H,38,39). The second-order valence-electron chi connectivity index (χ2n) is 10.7. The predicted molar refractivity (Wildman–Crippen MR) is 161 cm³/mol. The van der Waals surface area contributed by atoms with Crippen molar-refractivity contribution in [1.29, 1.82) is 0 Å². The maximum Gasteiger partial charge on any atom is 0.161 e. The molecule has 11 heteroatoms. The number of benzene rings is 1. The number of nitrogens with zero attached hydrogens (tertiary/aromatic N) is 7. The second kappa shape index (κ2) is 10.8. The van der Waals surface area contributed by atoms with Crippen molar-refractivity contribution in [2.45, 2.75) is 12.8 Å². The van der Waals surface area contributed by atoms with Gasteiger partial charge in [-0.15, -0.1) is 0 Å². The van der Waals surface area contributed by atoms with E-state index in [1.807, 2.05) is 49.5 Å². The van der Waals surface area contributed by atoms with Crippen LogP contribution in [0.1, 0.15) is 12.8 Å². The highest BCUT2D eigenvalue weighted by molar-refractivity contribution is 5.96. The summed E-state index contributed by atoms with van der Waals surface area (Å²) in [6, 6.07) is 10.7. The Bertz CT molecular complexity index is 1890. The summed E-state index contributed by atoms with van der Waals surface area (Å²) in [5.74, 6) is 0.646. The van der Waals surface area contributed by atoms with E-state index in [4.69, 9.17) is 14.7 Å². The predicted octanol–water partition coefficient (Wildman–Crippen LogP) is 5.30. The first-order valence-electron chi connectivity index (χ1n) is 14.0. The summed E-state index contributed by atoms with van der Waals surface area (Å²) >= 11 is 0. The van der Waals surface area contributed by atoms with Crippen molar-refractivity contribution in [3.8, 4) is 39.7 Å². The summed E-state index contributed by atoms with van der Waals surface area (Å²) in [7, 11) is 3.95. The van der Waals surface area contributed by atoms with Gasteiger partial charge < -0.3 is 14.6 Å². The Labute approximate surface area is 241 Å². The van der Waals surface area contributed by atoms with E-state index in [1.54, 1.807) is 18.6 Å². The molecule has 10 nitrogen and oxygen atoms in total. The van der Waals surface area contributed by atoms with E-state index in [0.29, 0.717) is 51.6 Å². The van der Waals surface area contributed by atoms with Crippen LogP contribution in [0.4, 0.5) is 10.1 Å². The zero-order valence-corrected chi connectivity index (χ0v) is 23.4. The number of aromatic nitrogens is 7. The SMILES string of the molecule is CN(C)c1cncc(-c2ccc3[nH]nc(-c4nc5c(-c6cc(F)cc(OCCN7CCCC7)c6)cncc5[nH]4)c3n2)c1. The van der Waals surface area contributed by atoms with Crippen molar-refractivity contribution in [1.82, 2.24) is 40.0 Å². The molecule has 1 fully saturated rings. The van der Waals surface area contributed by atoms with Gasteiger partial charge in [-0.1, -0.05) is 0 Å². The number of hydrogen-bond donors (Lipinski definition) is 2. The van der Waals surface area contributed by atoms with E-state index in [-0.39, 0.29) is 5.82 Å². The minimum atomic E-state index is -0.376. The maximum atomic E-state index is 14.7.